The fraction of sp³-hybridized carbons (Fsp3) is 0.409. The van der Waals surface area contributed by atoms with Gasteiger partial charge in [-0.2, -0.15) is 0 Å². The van der Waals surface area contributed by atoms with Crippen LogP contribution in [0, 0.1) is 11.6 Å². The molecule has 0 bridgehead atoms. The quantitative estimate of drug-likeness (QED) is 0.562. The molecule has 3 N–H and O–H groups in total. The first-order valence-corrected chi connectivity index (χ1v) is 10.6. The maximum atomic E-state index is 14.7. The number of halogens is 2. The minimum Gasteiger partial charge on any atom is -0.376 e. The Kier molecular flexibility index (Phi) is 5.26. The number of pyridine rings is 2. The van der Waals surface area contributed by atoms with Gasteiger partial charge in [-0.15, -0.1) is 0 Å². The Bertz CT molecular complexity index is 1170. The van der Waals surface area contributed by atoms with Gasteiger partial charge >= 0.3 is 0 Å². The summed E-state index contributed by atoms with van der Waals surface area (Å²) >= 11 is 0. The second kappa shape index (κ2) is 8.10. The highest BCUT2D eigenvalue weighted by molar-refractivity contribution is 5.95. The van der Waals surface area contributed by atoms with E-state index in [2.05, 4.69) is 25.9 Å². The van der Waals surface area contributed by atoms with Crippen molar-refractivity contribution in [2.45, 2.75) is 31.3 Å². The van der Waals surface area contributed by atoms with Crippen LogP contribution in [0.5, 0.6) is 0 Å². The number of anilines is 1. The lowest BCUT2D eigenvalue weighted by molar-refractivity contribution is -0.0593. The van der Waals surface area contributed by atoms with Crippen LogP contribution in [0.4, 0.5) is 14.6 Å². The zero-order valence-corrected chi connectivity index (χ0v) is 17.6. The van der Waals surface area contributed by atoms with Crippen molar-refractivity contribution in [3.05, 3.63) is 47.8 Å². The van der Waals surface area contributed by atoms with Crippen LogP contribution in [-0.2, 0) is 4.74 Å². The number of nitrogens with zero attached hydrogens (tertiary/aromatic N) is 3. The predicted octanol–water partition coefficient (Wildman–Crippen LogP) is 2.36. The van der Waals surface area contributed by atoms with Gasteiger partial charge in [0.15, 0.2) is 17.5 Å². The number of aromatic nitrogens is 3. The first kappa shape index (κ1) is 20.8. The van der Waals surface area contributed by atoms with E-state index in [1.807, 2.05) is 6.92 Å². The average Bonchev–Trinajstić information content (AvgIpc) is 3.18. The van der Waals surface area contributed by atoms with Gasteiger partial charge in [0.1, 0.15) is 11.3 Å². The number of hydrogen-bond donors (Lipinski definition) is 3. The summed E-state index contributed by atoms with van der Waals surface area (Å²) in [6, 6.07) is 4.11. The molecule has 32 heavy (non-hydrogen) atoms. The Morgan fingerprint density at radius 2 is 2.16 bits per heavy atom. The minimum absolute atomic E-state index is 0.0111. The number of ether oxygens (including phenoxy) is 1. The van der Waals surface area contributed by atoms with Crippen molar-refractivity contribution in [3.8, 4) is 11.4 Å². The number of carbonyl (C=O) groups is 1. The fourth-order valence-electron chi connectivity index (χ4n) is 4.04. The molecule has 2 aliphatic heterocycles. The van der Waals surface area contributed by atoms with E-state index in [0.717, 1.165) is 25.5 Å². The molecule has 10 heteroatoms. The molecule has 0 spiro atoms. The summed E-state index contributed by atoms with van der Waals surface area (Å²) in [6.07, 6.45) is 4.96. The lowest BCUT2D eigenvalue weighted by atomic mass is 10.00. The van der Waals surface area contributed by atoms with E-state index in [9.17, 15) is 13.6 Å². The summed E-state index contributed by atoms with van der Waals surface area (Å²) in [7, 11) is 0. The van der Waals surface area contributed by atoms with E-state index in [0.29, 0.717) is 36.7 Å². The number of carbonyl (C=O) groups excluding carboxylic acids is 1. The summed E-state index contributed by atoms with van der Waals surface area (Å²) in [5.74, 6) is -1.74. The van der Waals surface area contributed by atoms with Crippen molar-refractivity contribution >= 4 is 17.4 Å². The molecule has 2 aliphatic rings. The molecule has 8 nitrogen and oxygen atoms in total. The zero-order valence-electron chi connectivity index (χ0n) is 17.6. The van der Waals surface area contributed by atoms with Gasteiger partial charge in [0.2, 0.25) is 0 Å². The first-order chi connectivity index (χ1) is 15.4. The SMILES string of the molecule is CC1(NC(=O)c2ccn3c(-c4nc(NC5CCCNC5)c(F)cc4F)cnc3c2)COC1. The lowest BCUT2D eigenvalue weighted by Gasteiger charge is -2.38. The van der Waals surface area contributed by atoms with Crippen molar-refractivity contribution in [1.82, 2.24) is 25.0 Å². The monoisotopic (exact) mass is 442 g/mol. The Balaban J connectivity index is 1.44. The second-order valence-electron chi connectivity index (χ2n) is 8.63. The molecule has 3 aromatic rings. The number of piperidine rings is 1. The van der Waals surface area contributed by atoms with Gasteiger partial charge < -0.3 is 20.7 Å². The predicted molar refractivity (Wildman–Crippen MR) is 115 cm³/mol. The van der Waals surface area contributed by atoms with E-state index >= 15 is 0 Å². The Morgan fingerprint density at radius 3 is 2.88 bits per heavy atom. The molecule has 0 aliphatic carbocycles. The number of amides is 1. The van der Waals surface area contributed by atoms with E-state index in [1.165, 1.54) is 6.20 Å². The highest BCUT2D eigenvalue weighted by Gasteiger charge is 2.35. The van der Waals surface area contributed by atoms with Crippen LogP contribution in [0.2, 0.25) is 0 Å². The molecule has 1 amide bonds. The van der Waals surface area contributed by atoms with Gasteiger partial charge in [0.05, 0.1) is 30.6 Å². The van der Waals surface area contributed by atoms with Crippen LogP contribution < -0.4 is 16.0 Å². The Labute approximate surface area is 183 Å². The number of rotatable bonds is 5. The second-order valence-corrected chi connectivity index (χ2v) is 8.63. The van der Waals surface area contributed by atoms with E-state index < -0.39 is 11.6 Å². The number of imidazole rings is 1. The van der Waals surface area contributed by atoms with Crippen LogP contribution >= 0.6 is 0 Å². The van der Waals surface area contributed by atoms with E-state index in [4.69, 9.17) is 4.74 Å². The number of hydrogen-bond acceptors (Lipinski definition) is 6. The smallest absolute Gasteiger partial charge is 0.252 e. The summed E-state index contributed by atoms with van der Waals surface area (Å²) in [6.45, 7) is 4.48. The number of fused-ring (bicyclic) bond motifs is 1. The third kappa shape index (κ3) is 3.91. The molecule has 5 heterocycles. The molecular weight excluding hydrogens is 418 g/mol. The van der Waals surface area contributed by atoms with Gasteiger partial charge in [-0.3, -0.25) is 9.20 Å². The van der Waals surface area contributed by atoms with Crippen LogP contribution in [0.1, 0.15) is 30.1 Å². The van der Waals surface area contributed by atoms with Crippen LogP contribution in [-0.4, -0.2) is 58.2 Å². The maximum Gasteiger partial charge on any atom is 0.252 e. The highest BCUT2D eigenvalue weighted by Crippen LogP contribution is 2.27. The molecule has 0 radical (unpaired) electrons. The van der Waals surface area contributed by atoms with Gasteiger partial charge in [0.25, 0.3) is 5.91 Å². The van der Waals surface area contributed by atoms with Gasteiger partial charge in [-0.05, 0) is 38.4 Å². The van der Waals surface area contributed by atoms with Gasteiger partial charge in [0, 0.05) is 30.4 Å². The first-order valence-electron chi connectivity index (χ1n) is 10.6. The summed E-state index contributed by atoms with van der Waals surface area (Å²) in [4.78, 5) is 21.1. The standard InChI is InChI=1S/C22H24F2N6O2/c1-22(11-32-12-22)29-21(31)13-4-6-30-17(10-26-18(30)7-13)19-15(23)8-16(24)20(28-19)27-14-3-2-5-25-9-14/h4,6-8,10,14,25H,2-3,5,9,11-12H2,1H3,(H,27,28)(H,29,31). The normalized spacial score (nSPS) is 20.0. The van der Waals surface area contributed by atoms with Gasteiger partial charge in [-0.25, -0.2) is 18.7 Å². The van der Waals surface area contributed by atoms with E-state index in [1.54, 1.807) is 22.7 Å². The molecule has 2 fully saturated rings. The third-order valence-corrected chi connectivity index (χ3v) is 5.84. The van der Waals surface area contributed by atoms with Crippen molar-refractivity contribution < 1.29 is 18.3 Å². The molecule has 2 saturated heterocycles. The van der Waals surface area contributed by atoms with Crippen LogP contribution in [0.3, 0.4) is 0 Å². The minimum atomic E-state index is -0.781. The number of nitrogens with one attached hydrogen (secondary N) is 3. The maximum absolute atomic E-state index is 14.7. The summed E-state index contributed by atoms with van der Waals surface area (Å²) in [5, 5.41) is 9.27. The molecule has 5 rings (SSSR count). The fourth-order valence-corrected chi connectivity index (χ4v) is 4.04. The summed E-state index contributed by atoms with van der Waals surface area (Å²) < 4.78 is 35.9. The molecule has 1 unspecified atom stereocenters. The molecule has 0 aromatic carbocycles. The Hall–Kier alpha value is -3.11. The lowest BCUT2D eigenvalue weighted by Crippen LogP contribution is -2.59. The molecule has 0 saturated carbocycles. The van der Waals surface area contributed by atoms with Gasteiger partial charge in [-0.1, -0.05) is 0 Å². The van der Waals surface area contributed by atoms with Crippen molar-refractivity contribution in [1.29, 1.82) is 0 Å². The largest absolute Gasteiger partial charge is 0.376 e. The van der Waals surface area contributed by atoms with E-state index in [-0.39, 0.29) is 29.0 Å². The van der Waals surface area contributed by atoms with Crippen molar-refractivity contribution in [3.63, 3.8) is 0 Å². The summed E-state index contributed by atoms with van der Waals surface area (Å²) in [5.41, 5.74) is 0.874. The molecule has 168 valence electrons. The molecule has 3 aromatic heterocycles. The zero-order chi connectivity index (χ0) is 22.3. The third-order valence-electron chi connectivity index (χ3n) is 5.84. The Morgan fingerprint density at radius 1 is 1.31 bits per heavy atom. The topological polar surface area (TPSA) is 92.6 Å². The van der Waals surface area contributed by atoms with Crippen molar-refractivity contribution in [2.24, 2.45) is 0 Å². The van der Waals surface area contributed by atoms with Crippen LogP contribution in [0.25, 0.3) is 17.0 Å². The molecule has 1 atom stereocenters. The molecular formula is C22H24F2N6O2. The van der Waals surface area contributed by atoms with Crippen LogP contribution in [0.15, 0.2) is 30.6 Å². The van der Waals surface area contributed by atoms with Crippen molar-refractivity contribution in [2.75, 3.05) is 31.6 Å². The highest BCUT2D eigenvalue weighted by atomic mass is 19.1. The average molecular weight is 442 g/mol.